The van der Waals surface area contributed by atoms with E-state index in [1.807, 2.05) is 18.3 Å². The Morgan fingerprint density at radius 2 is 2.06 bits per heavy atom. The van der Waals surface area contributed by atoms with E-state index in [-0.39, 0.29) is 11.9 Å². The van der Waals surface area contributed by atoms with Gasteiger partial charge >= 0.3 is 0 Å². The van der Waals surface area contributed by atoms with Gasteiger partial charge in [0.2, 0.25) is 5.91 Å². The quantitative estimate of drug-likeness (QED) is 0.712. The maximum absolute atomic E-state index is 12.5. The summed E-state index contributed by atoms with van der Waals surface area (Å²) in [5.74, 6) is 0.921. The van der Waals surface area contributed by atoms with Gasteiger partial charge in [0.05, 0.1) is 13.2 Å². The Labute approximate surface area is 188 Å². The molecule has 1 aromatic heterocycles. The summed E-state index contributed by atoms with van der Waals surface area (Å²) in [6.45, 7) is 4.23. The molecule has 0 saturated carbocycles. The third kappa shape index (κ3) is 6.09. The van der Waals surface area contributed by atoms with Crippen LogP contribution in [0.5, 0.6) is 0 Å². The van der Waals surface area contributed by atoms with Crippen molar-refractivity contribution in [2.24, 2.45) is 0 Å². The van der Waals surface area contributed by atoms with Gasteiger partial charge in [-0.2, -0.15) is 0 Å². The molecule has 0 radical (unpaired) electrons. The van der Waals surface area contributed by atoms with Crippen LogP contribution in [0.2, 0.25) is 5.02 Å². The molecule has 166 valence electrons. The van der Waals surface area contributed by atoms with Crippen molar-refractivity contribution in [3.8, 4) is 0 Å². The summed E-state index contributed by atoms with van der Waals surface area (Å²) in [5, 5.41) is 7.15. The van der Waals surface area contributed by atoms with Gasteiger partial charge < -0.3 is 25.2 Å². The summed E-state index contributed by atoms with van der Waals surface area (Å²) in [7, 11) is 2.09. The number of anilines is 3. The Bertz CT molecular complexity index is 890. The number of carbonyl (C=O) groups excluding carboxylic acids is 1. The van der Waals surface area contributed by atoms with Crippen LogP contribution < -0.4 is 15.5 Å². The standard InChI is InChI=1S/C23H30ClN5O2/c1-28-16-19(26-22-14-21(7-8-25-22)29-9-11-31-12-10-29)5-6-20(28)15-23(30)27-18-4-2-3-17(24)13-18/h2-4,7-8,13-14,19-20H,5-6,9-12,15-16H2,1H3,(H,25,26)(H,27,30)/t19-,20?/m1/s1. The second-order valence-corrected chi connectivity index (χ2v) is 8.71. The number of amides is 1. The molecule has 2 N–H and O–H groups in total. The van der Waals surface area contributed by atoms with Crippen molar-refractivity contribution in [1.82, 2.24) is 9.88 Å². The van der Waals surface area contributed by atoms with Crippen LogP contribution in [0.3, 0.4) is 0 Å². The van der Waals surface area contributed by atoms with Crippen LogP contribution in [0.15, 0.2) is 42.6 Å². The first-order valence-electron chi connectivity index (χ1n) is 10.9. The lowest BCUT2D eigenvalue weighted by Crippen LogP contribution is -2.47. The highest BCUT2D eigenvalue weighted by molar-refractivity contribution is 6.30. The number of nitrogens with one attached hydrogen (secondary N) is 2. The zero-order chi connectivity index (χ0) is 21.6. The molecule has 2 aromatic rings. The second kappa shape index (κ2) is 10.3. The Hall–Kier alpha value is -2.35. The number of nitrogens with zero attached hydrogens (tertiary/aromatic N) is 3. The summed E-state index contributed by atoms with van der Waals surface area (Å²) in [4.78, 5) is 21.6. The predicted octanol–water partition coefficient (Wildman–Crippen LogP) is 3.48. The summed E-state index contributed by atoms with van der Waals surface area (Å²) in [6.07, 6.45) is 4.30. The average molecular weight is 444 g/mol. The number of pyridine rings is 1. The fourth-order valence-electron chi connectivity index (χ4n) is 4.30. The van der Waals surface area contributed by atoms with Crippen LogP contribution >= 0.6 is 11.6 Å². The minimum absolute atomic E-state index is 0.0189. The van der Waals surface area contributed by atoms with Crippen molar-refractivity contribution in [2.75, 3.05) is 55.4 Å². The smallest absolute Gasteiger partial charge is 0.225 e. The molecule has 2 saturated heterocycles. The SMILES string of the molecule is CN1C[C@H](Nc2cc(N3CCOCC3)ccn2)CCC1CC(=O)Nc1cccc(Cl)c1. The van der Waals surface area contributed by atoms with Crippen LogP contribution in [0, 0.1) is 0 Å². The number of aromatic nitrogens is 1. The Balaban J connectivity index is 1.27. The van der Waals surface area contributed by atoms with Gasteiger partial charge in [-0.15, -0.1) is 0 Å². The van der Waals surface area contributed by atoms with E-state index < -0.39 is 0 Å². The third-order valence-electron chi connectivity index (χ3n) is 5.98. The van der Waals surface area contributed by atoms with Crippen LogP contribution in [-0.4, -0.2) is 67.8 Å². The van der Waals surface area contributed by atoms with Crippen LogP contribution in [-0.2, 0) is 9.53 Å². The summed E-state index contributed by atoms with van der Waals surface area (Å²) < 4.78 is 5.45. The van der Waals surface area contributed by atoms with E-state index in [2.05, 4.69) is 44.6 Å². The van der Waals surface area contributed by atoms with Gasteiger partial charge in [0.25, 0.3) is 0 Å². The summed E-state index contributed by atoms with van der Waals surface area (Å²) in [5.41, 5.74) is 1.92. The molecule has 4 rings (SSSR count). The van der Waals surface area contributed by atoms with E-state index in [9.17, 15) is 4.79 Å². The number of hydrogen-bond donors (Lipinski definition) is 2. The van der Waals surface area contributed by atoms with Crippen LogP contribution in [0.1, 0.15) is 19.3 Å². The molecule has 1 aromatic carbocycles. The first-order valence-corrected chi connectivity index (χ1v) is 11.3. The van der Waals surface area contributed by atoms with E-state index in [0.29, 0.717) is 17.5 Å². The number of halogens is 1. The van der Waals surface area contributed by atoms with Gasteiger partial charge in [0.15, 0.2) is 0 Å². The van der Waals surface area contributed by atoms with Gasteiger partial charge in [-0.05, 0) is 44.2 Å². The minimum atomic E-state index is 0.0189. The first kappa shape index (κ1) is 21.9. The number of carbonyl (C=O) groups is 1. The number of rotatable bonds is 6. The van der Waals surface area contributed by atoms with E-state index in [0.717, 1.165) is 57.2 Å². The molecule has 2 aliphatic heterocycles. The Kier molecular flexibility index (Phi) is 7.27. The summed E-state index contributed by atoms with van der Waals surface area (Å²) in [6, 6.07) is 12.0. The summed E-state index contributed by atoms with van der Waals surface area (Å²) >= 11 is 6.00. The van der Waals surface area contributed by atoms with Crippen LogP contribution in [0.25, 0.3) is 0 Å². The molecular formula is C23H30ClN5O2. The first-order chi connectivity index (χ1) is 15.1. The average Bonchev–Trinajstić information content (AvgIpc) is 2.76. The highest BCUT2D eigenvalue weighted by Crippen LogP contribution is 2.24. The molecule has 7 nitrogen and oxygen atoms in total. The molecule has 3 heterocycles. The molecular weight excluding hydrogens is 414 g/mol. The van der Waals surface area contributed by atoms with Gasteiger partial charge in [0, 0.05) is 66.8 Å². The van der Waals surface area contributed by atoms with Crippen molar-refractivity contribution in [3.05, 3.63) is 47.6 Å². The lowest BCUT2D eigenvalue weighted by molar-refractivity contribution is -0.117. The number of likely N-dealkylation sites (N-methyl/N-ethyl adjacent to an activating group) is 1. The molecule has 0 bridgehead atoms. The van der Waals surface area contributed by atoms with Gasteiger partial charge in [-0.1, -0.05) is 17.7 Å². The largest absolute Gasteiger partial charge is 0.378 e. The van der Waals surface area contributed by atoms with Crippen molar-refractivity contribution in [1.29, 1.82) is 0 Å². The molecule has 0 spiro atoms. The fraction of sp³-hybridized carbons (Fsp3) is 0.478. The monoisotopic (exact) mass is 443 g/mol. The highest BCUT2D eigenvalue weighted by atomic mass is 35.5. The number of likely N-dealkylation sites (tertiary alicyclic amines) is 1. The van der Waals surface area contributed by atoms with E-state index in [1.54, 1.807) is 12.1 Å². The maximum atomic E-state index is 12.5. The van der Waals surface area contributed by atoms with Gasteiger partial charge in [-0.25, -0.2) is 4.98 Å². The van der Waals surface area contributed by atoms with Crippen molar-refractivity contribution < 1.29 is 9.53 Å². The molecule has 2 aliphatic rings. The van der Waals surface area contributed by atoms with E-state index in [4.69, 9.17) is 16.3 Å². The normalized spacial score (nSPS) is 22.2. The molecule has 8 heteroatoms. The van der Waals surface area contributed by atoms with Crippen LogP contribution in [0.4, 0.5) is 17.2 Å². The third-order valence-corrected chi connectivity index (χ3v) is 6.22. The number of hydrogen-bond acceptors (Lipinski definition) is 6. The van der Waals surface area contributed by atoms with E-state index in [1.165, 1.54) is 5.69 Å². The molecule has 31 heavy (non-hydrogen) atoms. The molecule has 1 amide bonds. The minimum Gasteiger partial charge on any atom is -0.378 e. The van der Waals surface area contributed by atoms with Gasteiger partial charge in [0.1, 0.15) is 5.82 Å². The second-order valence-electron chi connectivity index (χ2n) is 8.27. The number of morpholine rings is 1. The number of piperidine rings is 1. The van der Waals surface area contributed by atoms with Crippen molar-refractivity contribution >= 4 is 34.7 Å². The molecule has 0 aliphatic carbocycles. The zero-order valence-corrected chi connectivity index (χ0v) is 18.6. The topological polar surface area (TPSA) is 69.7 Å². The number of ether oxygens (including phenoxy) is 1. The number of benzene rings is 1. The molecule has 2 atom stereocenters. The fourth-order valence-corrected chi connectivity index (χ4v) is 4.49. The van der Waals surface area contributed by atoms with Gasteiger partial charge in [-0.3, -0.25) is 4.79 Å². The predicted molar refractivity (Wildman–Crippen MR) is 125 cm³/mol. The van der Waals surface area contributed by atoms with E-state index >= 15 is 0 Å². The van der Waals surface area contributed by atoms with Crippen molar-refractivity contribution in [3.63, 3.8) is 0 Å². The molecule has 1 unspecified atom stereocenters. The van der Waals surface area contributed by atoms with Crippen molar-refractivity contribution in [2.45, 2.75) is 31.3 Å². The zero-order valence-electron chi connectivity index (χ0n) is 17.9. The lowest BCUT2D eigenvalue weighted by Gasteiger charge is -2.37. The Morgan fingerprint density at radius 3 is 2.84 bits per heavy atom. The lowest BCUT2D eigenvalue weighted by atomic mass is 9.96. The molecule has 2 fully saturated rings. The maximum Gasteiger partial charge on any atom is 0.225 e. The Morgan fingerprint density at radius 1 is 1.23 bits per heavy atom. The highest BCUT2D eigenvalue weighted by Gasteiger charge is 2.27.